The number of carbonyl (C=O) groups is 1. The quantitative estimate of drug-likeness (QED) is 0.871. The summed E-state index contributed by atoms with van der Waals surface area (Å²) in [7, 11) is 1.78. The van der Waals surface area contributed by atoms with Crippen LogP contribution in [0.3, 0.4) is 0 Å². The van der Waals surface area contributed by atoms with Crippen LogP contribution in [-0.4, -0.2) is 41.0 Å². The molecule has 1 aliphatic rings. The Morgan fingerprint density at radius 1 is 1.55 bits per heavy atom. The van der Waals surface area contributed by atoms with Crippen molar-refractivity contribution in [3.05, 3.63) is 17.7 Å². The second-order valence-electron chi connectivity index (χ2n) is 5.33. The molecule has 1 aromatic rings. The Bertz CT molecular complexity index is 472. The maximum Gasteiger partial charge on any atom is 0.272 e. The van der Waals surface area contributed by atoms with Gasteiger partial charge in [-0.2, -0.15) is 11.8 Å². The lowest BCUT2D eigenvalue weighted by Crippen LogP contribution is -2.31. The second-order valence-corrected chi connectivity index (χ2v) is 6.48. The molecule has 110 valence electrons. The lowest BCUT2D eigenvalue weighted by atomic mass is 10.1. The van der Waals surface area contributed by atoms with E-state index in [1.165, 1.54) is 12.2 Å². The Balaban J connectivity index is 2.08. The van der Waals surface area contributed by atoms with Crippen LogP contribution in [0.2, 0.25) is 0 Å². The van der Waals surface area contributed by atoms with Crippen molar-refractivity contribution in [2.45, 2.75) is 26.2 Å². The lowest BCUT2D eigenvalue weighted by molar-refractivity contribution is 0.0944. The molecule has 6 heteroatoms. The third-order valence-electron chi connectivity index (χ3n) is 3.38. The molecule has 0 aliphatic carbocycles. The normalized spacial score (nSPS) is 18.3. The number of hydrogen-bond acceptors (Lipinski definition) is 5. The molecule has 0 spiro atoms. The standard InChI is InChI=1S/C14H22N4OS/c1-9(2)13-16-7-11(15-3)12(18-13)14(19)17-6-10-4-5-20-8-10/h7,9-10,15H,4-6,8H2,1-3H3,(H,17,19). The van der Waals surface area contributed by atoms with E-state index in [1.807, 2.05) is 25.6 Å². The van der Waals surface area contributed by atoms with E-state index in [4.69, 9.17) is 0 Å². The lowest BCUT2D eigenvalue weighted by Gasteiger charge is -2.13. The van der Waals surface area contributed by atoms with Gasteiger partial charge >= 0.3 is 0 Å². The van der Waals surface area contributed by atoms with Gasteiger partial charge in [-0.3, -0.25) is 4.79 Å². The molecule has 1 unspecified atom stereocenters. The monoisotopic (exact) mass is 294 g/mol. The number of carbonyl (C=O) groups excluding carboxylic acids is 1. The number of thioether (sulfide) groups is 1. The Kier molecular flexibility index (Phi) is 5.23. The number of hydrogen-bond donors (Lipinski definition) is 2. The molecular formula is C14H22N4OS. The molecule has 1 fully saturated rings. The first-order valence-corrected chi connectivity index (χ1v) is 8.18. The van der Waals surface area contributed by atoms with E-state index >= 15 is 0 Å². The van der Waals surface area contributed by atoms with E-state index in [2.05, 4.69) is 20.6 Å². The third-order valence-corrected chi connectivity index (χ3v) is 4.61. The average Bonchev–Trinajstić information content (AvgIpc) is 2.97. The van der Waals surface area contributed by atoms with Crippen molar-refractivity contribution < 1.29 is 4.79 Å². The molecule has 1 saturated heterocycles. The summed E-state index contributed by atoms with van der Waals surface area (Å²) in [4.78, 5) is 21.0. The third kappa shape index (κ3) is 3.62. The number of rotatable bonds is 5. The van der Waals surface area contributed by atoms with Gasteiger partial charge in [-0.1, -0.05) is 13.8 Å². The van der Waals surface area contributed by atoms with Gasteiger partial charge in [0.15, 0.2) is 5.69 Å². The van der Waals surface area contributed by atoms with Gasteiger partial charge in [-0.15, -0.1) is 0 Å². The van der Waals surface area contributed by atoms with Crippen LogP contribution in [0.1, 0.15) is 42.5 Å². The van der Waals surface area contributed by atoms with E-state index < -0.39 is 0 Å². The SMILES string of the molecule is CNc1cnc(C(C)C)nc1C(=O)NCC1CCSC1. The van der Waals surface area contributed by atoms with Crippen LogP contribution >= 0.6 is 11.8 Å². The first-order chi connectivity index (χ1) is 9.61. The van der Waals surface area contributed by atoms with Gasteiger partial charge in [0.05, 0.1) is 11.9 Å². The molecule has 1 atom stereocenters. The van der Waals surface area contributed by atoms with Crippen molar-refractivity contribution in [2.75, 3.05) is 30.4 Å². The molecule has 0 bridgehead atoms. The molecule has 1 amide bonds. The number of nitrogens with zero attached hydrogens (tertiary/aromatic N) is 2. The Morgan fingerprint density at radius 3 is 2.95 bits per heavy atom. The maximum absolute atomic E-state index is 12.3. The van der Waals surface area contributed by atoms with E-state index in [0.29, 0.717) is 23.1 Å². The minimum Gasteiger partial charge on any atom is -0.385 e. The van der Waals surface area contributed by atoms with Crippen molar-refractivity contribution in [2.24, 2.45) is 5.92 Å². The zero-order valence-corrected chi connectivity index (χ0v) is 13.1. The Labute approximate surface area is 124 Å². The number of aromatic nitrogens is 2. The molecule has 1 aliphatic heterocycles. The molecule has 0 aromatic carbocycles. The van der Waals surface area contributed by atoms with Crippen LogP contribution in [0, 0.1) is 5.92 Å². The molecule has 1 aromatic heterocycles. The van der Waals surface area contributed by atoms with Crippen LogP contribution < -0.4 is 10.6 Å². The molecule has 5 nitrogen and oxygen atoms in total. The molecule has 2 N–H and O–H groups in total. The van der Waals surface area contributed by atoms with Gasteiger partial charge in [-0.25, -0.2) is 9.97 Å². The molecule has 2 heterocycles. The topological polar surface area (TPSA) is 66.9 Å². The van der Waals surface area contributed by atoms with Crippen LogP contribution in [0.15, 0.2) is 6.20 Å². The highest BCUT2D eigenvalue weighted by molar-refractivity contribution is 7.99. The van der Waals surface area contributed by atoms with Gasteiger partial charge in [-0.05, 0) is 23.8 Å². The van der Waals surface area contributed by atoms with E-state index in [-0.39, 0.29) is 11.8 Å². The van der Waals surface area contributed by atoms with Crippen molar-refractivity contribution in [1.82, 2.24) is 15.3 Å². The zero-order valence-electron chi connectivity index (χ0n) is 12.3. The summed E-state index contributed by atoms with van der Waals surface area (Å²) in [6, 6.07) is 0. The highest BCUT2D eigenvalue weighted by atomic mass is 32.2. The predicted octanol–water partition coefficient (Wildman–Crippen LogP) is 2.12. The van der Waals surface area contributed by atoms with Crippen LogP contribution in [0.5, 0.6) is 0 Å². The number of amides is 1. The average molecular weight is 294 g/mol. The predicted molar refractivity (Wildman–Crippen MR) is 83.4 cm³/mol. The highest BCUT2D eigenvalue weighted by Gasteiger charge is 2.19. The van der Waals surface area contributed by atoms with Crippen molar-refractivity contribution in [1.29, 1.82) is 0 Å². The summed E-state index contributed by atoms with van der Waals surface area (Å²) in [6.45, 7) is 4.77. The molecule has 0 radical (unpaired) electrons. The second kappa shape index (κ2) is 6.92. The highest BCUT2D eigenvalue weighted by Crippen LogP contribution is 2.22. The van der Waals surface area contributed by atoms with Gasteiger partial charge in [0.1, 0.15) is 5.82 Å². The fourth-order valence-corrected chi connectivity index (χ4v) is 3.38. The number of anilines is 1. The van der Waals surface area contributed by atoms with Gasteiger partial charge < -0.3 is 10.6 Å². The van der Waals surface area contributed by atoms with E-state index in [1.54, 1.807) is 13.2 Å². The van der Waals surface area contributed by atoms with Gasteiger partial charge in [0, 0.05) is 19.5 Å². The number of nitrogens with one attached hydrogen (secondary N) is 2. The van der Waals surface area contributed by atoms with Crippen LogP contribution in [-0.2, 0) is 0 Å². The summed E-state index contributed by atoms with van der Waals surface area (Å²) in [6.07, 6.45) is 2.87. The molecule has 20 heavy (non-hydrogen) atoms. The fourth-order valence-electron chi connectivity index (χ4n) is 2.09. The molecular weight excluding hydrogens is 272 g/mol. The van der Waals surface area contributed by atoms with Crippen LogP contribution in [0.4, 0.5) is 5.69 Å². The smallest absolute Gasteiger partial charge is 0.272 e. The van der Waals surface area contributed by atoms with Crippen LogP contribution in [0.25, 0.3) is 0 Å². The molecule has 2 rings (SSSR count). The van der Waals surface area contributed by atoms with Crippen molar-refractivity contribution in [3.8, 4) is 0 Å². The summed E-state index contributed by atoms with van der Waals surface area (Å²) in [5.41, 5.74) is 1.12. The summed E-state index contributed by atoms with van der Waals surface area (Å²) < 4.78 is 0. The van der Waals surface area contributed by atoms with Crippen molar-refractivity contribution in [3.63, 3.8) is 0 Å². The minimum atomic E-state index is -0.115. The zero-order chi connectivity index (χ0) is 14.5. The fraction of sp³-hybridized carbons (Fsp3) is 0.643. The Morgan fingerprint density at radius 2 is 2.35 bits per heavy atom. The minimum absolute atomic E-state index is 0.115. The largest absolute Gasteiger partial charge is 0.385 e. The first-order valence-electron chi connectivity index (χ1n) is 7.02. The first kappa shape index (κ1) is 15.1. The van der Waals surface area contributed by atoms with Gasteiger partial charge in [0.25, 0.3) is 5.91 Å². The maximum atomic E-state index is 12.3. The Hall–Kier alpha value is -1.30. The summed E-state index contributed by atoms with van der Waals surface area (Å²) >= 11 is 1.95. The summed E-state index contributed by atoms with van der Waals surface area (Å²) in [5, 5.41) is 5.98. The molecule has 0 saturated carbocycles. The summed E-state index contributed by atoms with van der Waals surface area (Å²) in [5.74, 6) is 3.72. The van der Waals surface area contributed by atoms with E-state index in [9.17, 15) is 4.79 Å². The van der Waals surface area contributed by atoms with Gasteiger partial charge in [0.2, 0.25) is 0 Å². The van der Waals surface area contributed by atoms with E-state index in [0.717, 1.165) is 12.3 Å². The van der Waals surface area contributed by atoms with Crippen molar-refractivity contribution >= 4 is 23.4 Å².